The van der Waals surface area contributed by atoms with Crippen molar-refractivity contribution in [2.45, 2.75) is 42.2 Å². The summed E-state index contributed by atoms with van der Waals surface area (Å²) in [7, 11) is 3.75. The van der Waals surface area contributed by atoms with E-state index in [2.05, 4.69) is 56.9 Å². The summed E-state index contributed by atoms with van der Waals surface area (Å²) in [5.41, 5.74) is 2.47. The molecule has 1 aromatic carbocycles. The van der Waals surface area contributed by atoms with Gasteiger partial charge in [0.1, 0.15) is 11.3 Å². The predicted octanol–water partition coefficient (Wildman–Crippen LogP) is 5.05. The number of furan rings is 1. The Hall–Kier alpha value is -0.230. The predicted molar refractivity (Wildman–Crippen MR) is 92.8 cm³/mol. The van der Waals surface area contributed by atoms with Crippen molar-refractivity contribution in [1.29, 1.82) is 0 Å². The van der Waals surface area contributed by atoms with Gasteiger partial charge < -0.3 is 9.73 Å². The van der Waals surface area contributed by atoms with E-state index in [1.807, 2.05) is 21.6 Å². The van der Waals surface area contributed by atoms with Gasteiger partial charge in [0, 0.05) is 28.1 Å². The normalized spacial score (nSPS) is 16.6. The molecule has 5 heteroatoms. The van der Waals surface area contributed by atoms with Crippen LogP contribution in [0.25, 0.3) is 11.0 Å². The van der Waals surface area contributed by atoms with E-state index >= 15 is 0 Å². The Morgan fingerprint density at radius 2 is 2.15 bits per heavy atom. The van der Waals surface area contributed by atoms with Crippen molar-refractivity contribution < 1.29 is 4.42 Å². The molecule has 0 fully saturated rings. The zero-order chi connectivity index (χ0) is 14.3. The quantitative estimate of drug-likeness (QED) is 0.610. The van der Waals surface area contributed by atoms with E-state index in [4.69, 9.17) is 4.42 Å². The lowest BCUT2D eigenvalue weighted by atomic mass is 10.1. The lowest BCUT2D eigenvalue weighted by molar-refractivity contribution is 0.416. The summed E-state index contributed by atoms with van der Waals surface area (Å²) in [5, 5.41) is 4.73. The fourth-order valence-corrected chi connectivity index (χ4v) is 4.82. The smallest absolute Gasteiger partial charge is 0.134 e. The molecule has 1 aliphatic rings. The Morgan fingerprint density at radius 1 is 1.35 bits per heavy atom. The summed E-state index contributed by atoms with van der Waals surface area (Å²) in [4.78, 5) is 1.37. The third-order valence-corrected chi connectivity index (χ3v) is 6.02. The fourth-order valence-electron chi connectivity index (χ4n) is 2.14. The van der Waals surface area contributed by atoms with Gasteiger partial charge in [0.15, 0.2) is 0 Å². The van der Waals surface area contributed by atoms with E-state index in [0.29, 0.717) is 0 Å². The first kappa shape index (κ1) is 14.7. The molecular formula is C15H19NOS3. The average molecular weight is 326 g/mol. The number of hydrogen-bond donors (Lipinski definition) is 2. The van der Waals surface area contributed by atoms with Crippen LogP contribution in [0.4, 0.5) is 0 Å². The van der Waals surface area contributed by atoms with Crippen LogP contribution < -0.4 is 5.32 Å². The van der Waals surface area contributed by atoms with Gasteiger partial charge in [-0.15, -0.1) is 0 Å². The van der Waals surface area contributed by atoms with Crippen LogP contribution in [0.15, 0.2) is 27.5 Å². The van der Waals surface area contributed by atoms with Crippen molar-refractivity contribution in [3.8, 4) is 0 Å². The number of nitrogens with one attached hydrogen (secondary N) is 1. The van der Waals surface area contributed by atoms with Crippen molar-refractivity contribution in [3.63, 3.8) is 0 Å². The summed E-state index contributed by atoms with van der Waals surface area (Å²) in [6.07, 6.45) is 0. The van der Waals surface area contributed by atoms with Gasteiger partial charge in [-0.2, -0.15) is 12.6 Å². The van der Waals surface area contributed by atoms with Gasteiger partial charge in [-0.3, -0.25) is 0 Å². The molecule has 1 atom stereocenters. The molecule has 0 saturated heterocycles. The van der Waals surface area contributed by atoms with Crippen LogP contribution in [-0.4, -0.2) is 12.1 Å². The molecule has 0 saturated carbocycles. The van der Waals surface area contributed by atoms with Gasteiger partial charge in [-0.05, 0) is 44.5 Å². The van der Waals surface area contributed by atoms with E-state index in [1.54, 1.807) is 0 Å². The number of fused-ring (bicyclic) bond motifs is 2. The number of benzene rings is 1. The van der Waals surface area contributed by atoms with Crippen molar-refractivity contribution in [2.75, 3.05) is 6.54 Å². The van der Waals surface area contributed by atoms with Crippen LogP contribution in [-0.2, 0) is 5.75 Å². The van der Waals surface area contributed by atoms with Crippen molar-refractivity contribution >= 4 is 45.2 Å². The molecular weight excluding hydrogens is 306 g/mol. The average Bonchev–Trinajstić information content (AvgIpc) is 2.96. The van der Waals surface area contributed by atoms with Crippen LogP contribution in [0.3, 0.4) is 0 Å². The molecule has 1 aliphatic heterocycles. The first-order valence-electron chi connectivity index (χ1n) is 6.71. The third kappa shape index (κ3) is 3.16. The highest BCUT2D eigenvalue weighted by Crippen LogP contribution is 2.46. The van der Waals surface area contributed by atoms with Crippen LogP contribution >= 0.6 is 34.2 Å². The molecule has 1 aromatic heterocycles. The summed E-state index contributed by atoms with van der Waals surface area (Å²) < 4.78 is 5.99. The minimum Gasteiger partial charge on any atom is -0.460 e. The maximum atomic E-state index is 5.99. The molecule has 20 heavy (non-hydrogen) atoms. The summed E-state index contributed by atoms with van der Waals surface area (Å²) in [5.74, 6) is 2.02. The monoisotopic (exact) mass is 325 g/mol. The molecule has 0 spiro atoms. The third-order valence-electron chi connectivity index (χ3n) is 3.24. The minimum absolute atomic E-state index is 0.0819. The molecule has 0 amide bonds. The zero-order valence-corrected chi connectivity index (χ0v) is 14.4. The van der Waals surface area contributed by atoms with Gasteiger partial charge in [-0.25, -0.2) is 0 Å². The van der Waals surface area contributed by atoms with Gasteiger partial charge in [0.2, 0.25) is 0 Å². The van der Waals surface area contributed by atoms with E-state index in [0.717, 1.165) is 23.6 Å². The molecule has 3 rings (SSSR count). The Kier molecular flexibility index (Phi) is 4.06. The molecule has 0 radical (unpaired) electrons. The van der Waals surface area contributed by atoms with Gasteiger partial charge in [0.05, 0.1) is 5.25 Å². The minimum atomic E-state index is 0.0819. The second-order valence-corrected chi connectivity index (χ2v) is 9.10. The molecule has 1 N–H and O–H groups in total. The van der Waals surface area contributed by atoms with Crippen molar-refractivity contribution in [3.05, 3.63) is 29.5 Å². The maximum Gasteiger partial charge on any atom is 0.134 e. The van der Waals surface area contributed by atoms with Crippen molar-refractivity contribution in [1.82, 2.24) is 5.32 Å². The molecule has 2 heterocycles. The Balaban J connectivity index is 1.82. The van der Waals surface area contributed by atoms with Crippen LogP contribution in [0.5, 0.6) is 0 Å². The summed E-state index contributed by atoms with van der Waals surface area (Å²) in [6.45, 7) is 7.28. The zero-order valence-electron chi connectivity index (χ0n) is 11.9. The largest absolute Gasteiger partial charge is 0.460 e. The van der Waals surface area contributed by atoms with Gasteiger partial charge in [-0.1, -0.05) is 21.6 Å². The topological polar surface area (TPSA) is 25.2 Å². The van der Waals surface area contributed by atoms with Gasteiger partial charge in [0.25, 0.3) is 0 Å². The highest BCUT2D eigenvalue weighted by molar-refractivity contribution is 8.76. The first-order chi connectivity index (χ1) is 9.42. The molecule has 0 aliphatic carbocycles. The number of thiol groups is 1. The molecule has 108 valence electrons. The summed E-state index contributed by atoms with van der Waals surface area (Å²) >= 11 is 4.67. The van der Waals surface area contributed by atoms with Crippen LogP contribution in [0, 0.1) is 0 Å². The Morgan fingerprint density at radius 3 is 2.90 bits per heavy atom. The fraction of sp³-hybridized carbons (Fsp3) is 0.467. The van der Waals surface area contributed by atoms with Crippen LogP contribution in [0.2, 0.25) is 0 Å². The second kappa shape index (κ2) is 5.52. The Bertz CT molecular complexity index is 589. The second-order valence-electron chi connectivity index (χ2n) is 6.14. The van der Waals surface area contributed by atoms with Gasteiger partial charge >= 0.3 is 0 Å². The number of rotatable bonds is 3. The highest BCUT2D eigenvalue weighted by Gasteiger charge is 2.19. The molecule has 2 nitrogen and oxygen atoms in total. The first-order valence-corrected chi connectivity index (χ1v) is 9.55. The lowest BCUT2D eigenvalue weighted by Gasteiger charge is -2.22. The van der Waals surface area contributed by atoms with Crippen molar-refractivity contribution in [2.24, 2.45) is 0 Å². The standard InChI is InChI=1S/C15H19NOS3/c1-15(2,3)16-7-13(18)12-4-9-6-14-10(8-19-20-14)5-11(9)17-12/h4-6,13,16,18H,7-8H2,1-3H3. The Labute approximate surface area is 133 Å². The van der Waals surface area contributed by atoms with E-state index in [-0.39, 0.29) is 10.8 Å². The maximum absolute atomic E-state index is 5.99. The number of hydrogen-bond acceptors (Lipinski definition) is 5. The molecule has 0 bridgehead atoms. The SMILES string of the molecule is CC(C)(C)NCC(S)c1cc2cc3c(cc2o1)CSS3. The highest BCUT2D eigenvalue weighted by atomic mass is 33.1. The lowest BCUT2D eigenvalue weighted by Crippen LogP contribution is -2.37. The van der Waals surface area contributed by atoms with E-state index in [9.17, 15) is 0 Å². The van der Waals surface area contributed by atoms with E-state index in [1.165, 1.54) is 15.8 Å². The van der Waals surface area contributed by atoms with E-state index < -0.39 is 0 Å². The molecule has 2 aromatic rings. The summed E-state index contributed by atoms with van der Waals surface area (Å²) in [6, 6.07) is 6.54. The van der Waals surface area contributed by atoms with Crippen LogP contribution in [0.1, 0.15) is 37.3 Å². The molecule has 1 unspecified atom stereocenters.